The van der Waals surface area contributed by atoms with Crippen molar-refractivity contribution in [1.29, 1.82) is 0 Å². The molecule has 1 unspecified atom stereocenters. The van der Waals surface area contributed by atoms with Crippen LogP contribution in [0.2, 0.25) is 0 Å². The maximum absolute atomic E-state index is 13.3. The molecule has 3 aromatic rings. The summed E-state index contributed by atoms with van der Waals surface area (Å²) in [7, 11) is 0. The number of aromatic nitrogens is 2. The molecule has 2 amide bonds. The van der Waals surface area contributed by atoms with E-state index in [0.29, 0.717) is 37.9 Å². The largest absolute Gasteiger partial charge is 0.418 e. The van der Waals surface area contributed by atoms with E-state index >= 15 is 0 Å². The zero-order chi connectivity index (χ0) is 30.0. The third-order valence-corrected chi connectivity index (χ3v) is 8.63. The SMILES string of the molecule is O=C(Cc1nc2c(C(F)(F)F)cccc2[nH]1)N=CC1CCN(C2CCN(c3ccc(C(=O)N4CCOCC4)cc3)CC2)C1. The van der Waals surface area contributed by atoms with Gasteiger partial charge in [-0.1, -0.05) is 6.07 Å². The molecule has 1 aromatic heterocycles. The van der Waals surface area contributed by atoms with E-state index in [1.807, 2.05) is 29.2 Å². The molecule has 12 heteroatoms. The van der Waals surface area contributed by atoms with Crippen molar-refractivity contribution in [3.05, 3.63) is 59.4 Å². The van der Waals surface area contributed by atoms with Gasteiger partial charge in [0, 0.05) is 62.1 Å². The Labute approximate surface area is 247 Å². The van der Waals surface area contributed by atoms with Crippen molar-refractivity contribution in [2.75, 3.05) is 57.4 Å². The Morgan fingerprint density at radius 2 is 1.74 bits per heavy atom. The normalized spacial score (nSPS) is 20.9. The number of alkyl halides is 3. The summed E-state index contributed by atoms with van der Waals surface area (Å²) >= 11 is 0. The Morgan fingerprint density at radius 1 is 1.00 bits per heavy atom. The number of piperidine rings is 1. The maximum Gasteiger partial charge on any atom is 0.418 e. The van der Waals surface area contributed by atoms with Gasteiger partial charge in [-0.15, -0.1) is 0 Å². The van der Waals surface area contributed by atoms with Gasteiger partial charge in [-0.25, -0.2) is 9.98 Å². The smallest absolute Gasteiger partial charge is 0.378 e. The molecule has 0 aliphatic carbocycles. The number of halogens is 3. The monoisotopic (exact) mass is 596 g/mol. The van der Waals surface area contributed by atoms with Crippen LogP contribution in [0.25, 0.3) is 11.0 Å². The quantitative estimate of drug-likeness (QED) is 0.429. The lowest BCUT2D eigenvalue weighted by Crippen LogP contribution is -2.44. The van der Waals surface area contributed by atoms with Crippen molar-refractivity contribution in [1.82, 2.24) is 19.8 Å². The van der Waals surface area contributed by atoms with E-state index in [1.54, 1.807) is 6.21 Å². The van der Waals surface area contributed by atoms with Crippen LogP contribution in [0, 0.1) is 5.92 Å². The van der Waals surface area contributed by atoms with Gasteiger partial charge < -0.3 is 19.5 Å². The number of benzene rings is 2. The number of hydrogen-bond donors (Lipinski definition) is 1. The fourth-order valence-electron chi connectivity index (χ4n) is 6.29. The van der Waals surface area contributed by atoms with E-state index in [4.69, 9.17) is 4.74 Å². The lowest BCUT2D eigenvalue weighted by atomic mass is 10.0. The Bertz CT molecular complexity index is 1470. The number of rotatable bonds is 6. The second kappa shape index (κ2) is 12.5. The van der Waals surface area contributed by atoms with Crippen molar-refractivity contribution < 1.29 is 27.5 Å². The lowest BCUT2D eigenvalue weighted by molar-refractivity contribution is -0.136. The number of nitrogens with one attached hydrogen (secondary N) is 1. The van der Waals surface area contributed by atoms with Gasteiger partial charge in [0.25, 0.3) is 11.8 Å². The molecule has 3 saturated heterocycles. The number of morpholine rings is 1. The van der Waals surface area contributed by atoms with Crippen LogP contribution in [-0.4, -0.2) is 96.3 Å². The standard InChI is InChI=1S/C31H35F3N6O3/c32-31(33,34)25-2-1-3-26-29(25)37-27(36-26)18-28(41)35-19-21-8-11-40(20-21)24-9-12-38(13-10-24)23-6-4-22(5-7-23)30(42)39-14-16-43-17-15-39/h1-7,19,21,24H,8-18,20H2,(H,36,37). The van der Waals surface area contributed by atoms with E-state index in [1.165, 1.54) is 12.1 Å². The lowest BCUT2D eigenvalue weighted by Gasteiger charge is -2.38. The third kappa shape index (κ3) is 6.75. The number of carbonyl (C=O) groups is 2. The summed E-state index contributed by atoms with van der Waals surface area (Å²) in [6.45, 7) is 6.07. The van der Waals surface area contributed by atoms with Crippen LogP contribution in [0.15, 0.2) is 47.5 Å². The van der Waals surface area contributed by atoms with Gasteiger partial charge >= 0.3 is 6.18 Å². The minimum absolute atomic E-state index is 0.0523. The van der Waals surface area contributed by atoms with Gasteiger partial charge in [-0.2, -0.15) is 13.2 Å². The Hall–Kier alpha value is -3.77. The molecule has 1 N–H and O–H groups in total. The molecule has 3 aliphatic heterocycles. The average Bonchev–Trinajstić information content (AvgIpc) is 3.66. The molecular formula is C31H35F3N6O3. The second-order valence-corrected chi connectivity index (χ2v) is 11.4. The van der Waals surface area contributed by atoms with Crippen LogP contribution in [0.3, 0.4) is 0 Å². The first-order valence-electron chi connectivity index (χ1n) is 14.8. The molecule has 3 fully saturated rings. The molecule has 0 saturated carbocycles. The molecule has 228 valence electrons. The molecule has 0 bridgehead atoms. The maximum atomic E-state index is 13.3. The zero-order valence-electron chi connectivity index (χ0n) is 23.9. The van der Waals surface area contributed by atoms with Crippen LogP contribution < -0.4 is 4.90 Å². The van der Waals surface area contributed by atoms with Crippen molar-refractivity contribution in [2.24, 2.45) is 10.9 Å². The zero-order valence-corrected chi connectivity index (χ0v) is 23.9. The average molecular weight is 597 g/mol. The summed E-state index contributed by atoms with van der Waals surface area (Å²) in [4.78, 5) is 42.9. The fourth-order valence-corrected chi connectivity index (χ4v) is 6.29. The molecule has 2 aromatic carbocycles. The second-order valence-electron chi connectivity index (χ2n) is 11.4. The number of aromatic amines is 1. The van der Waals surface area contributed by atoms with Crippen molar-refractivity contribution in [3.63, 3.8) is 0 Å². The minimum Gasteiger partial charge on any atom is -0.378 e. The Balaban J connectivity index is 0.966. The highest BCUT2D eigenvalue weighted by molar-refractivity contribution is 5.94. The highest BCUT2D eigenvalue weighted by Gasteiger charge is 2.34. The number of aliphatic imine (C=N–C) groups is 1. The molecule has 0 spiro atoms. The molecule has 3 aliphatic rings. The number of H-pyrrole nitrogens is 1. The molecule has 1 atom stereocenters. The first kappa shape index (κ1) is 29.3. The van der Waals surface area contributed by atoms with E-state index < -0.39 is 17.6 Å². The van der Waals surface area contributed by atoms with E-state index in [0.717, 1.165) is 57.2 Å². The number of nitrogens with zero attached hydrogens (tertiary/aromatic N) is 5. The molecule has 9 nitrogen and oxygen atoms in total. The topological polar surface area (TPSA) is 94.1 Å². The Morgan fingerprint density at radius 3 is 2.47 bits per heavy atom. The van der Waals surface area contributed by atoms with Gasteiger partial charge in [0.2, 0.25) is 0 Å². The number of fused-ring (bicyclic) bond motifs is 1. The highest BCUT2D eigenvalue weighted by Crippen LogP contribution is 2.34. The van der Waals surface area contributed by atoms with Crippen molar-refractivity contribution >= 4 is 34.7 Å². The number of para-hydroxylation sites is 1. The molecule has 0 radical (unpaired) electrons. The third-order valence-electron chi connectivity index (χ3n) is 8.63. The van der Waals surface area contributed by atoms with Gasteiger partial charge in [-0.05, 0) is 62.2 Å². The predicted octanol–water partition coefficient (Wildman–Crippen LogP) is 4.18. The van der Waals surface area contributed by atoms with Gasteiger partial charge in [-0.3, -0.25) is 14.5 Å². The summed E-state index contributed by atoms with van der Waals surface area (Å²) < 4.78 is 45.2. The number of imidazole rings is 1. The number of anilines is 1. The first-order valence-corrected chi connectivity index (χ1v) is 14.8. The van der Waals surface area contributed by atoms with E-state index in [-0.39, 0.29) is 35.1 Å². The van der Waals surface area contributed by atoms with Crippen LogP contribution in [0.5, 0.6) is 0 Å². The number of hydrogen-bond acceptors (Lipinski definition) is 6. The number of likely N-dealkylation sites (tertiary alicyclic amines) is 1. The van der Waals surface area contributed by atoms with E-state index in [2.05, 4.69) is 24.8 Å². The van der Waals surface area contributed by atoms with Gasteiger partial charge in [0.05, 0.1) is 30.7 Å². The first-order chi connectivity index (χ1) is 20.7. The van der Waals surface area contributed by atoms with Crippen LogP contribution in [0.4, 0.5) is 18.9 Å². The van der Waals surface area contributed by atoms with E-state index in [9.17, 15) is 22.8 Å². The number of ether oxygens (including phenoxy) is 1. The fraction of sp³-hybridized carbons (Fsp3) is 0.484. The van der Waals surface area contributed by atoms with Crippen molar-refractivity contribution in [2.45, 2.75) is 37.9 Å². The Kier molecular flexibility index (Phi) is 8.49. The summed E-state index contributed by atoms with van der Waals surface area (Å²) in [6.07, 6.45) is -0.0298. The number of amides is 2. The van der Waals surface area contributed by atoms with Crippen LogP contribution in [0.1, 0.15) is 41.0 Å². The molecular weight excluding hydrogens is 561 g/mol. The molecule has 6 rings (SSSR count). The summed E-state index contributed by atoms with van der Waals surface area (Å²) in [5, 5.41) is 0. The predicted molar refractivity (Wildman–Crippen MR) is 156 cm³/mol. The molecule has 4 heterocycles. The number of carbonyl (C=O) groups excluding carboxylic acids is 2. The van der Waals surface area contributed by atoms with Gasteiger partial charge in [0.15, 0.2) is 0 Å². The minimum atomic E-state index is -4.52. The highest BCUT2D eigenvalue weighted by atomic mass is 19.4. The molecule has 43 heavy (non-hydrogen) atoms. The summed E-state index contributed by atoms with van der Waals surface area (Å²) in [5.74, 6) is -0.0495. The summed E-state index contributed by atoms with van der Waals surface area (Å²) in [5.41, 5.74) is 1.07. The van der Waals surface area contributed by atoms with Crippen molar-refractivity contribution in [3.8, 4) is 0 Å². The van der Waals surface area contributed by atoms with Crippen LogP contribution >= 0.6 is 0 Å². The summed E-state index contributed by atoms with van der Waals surface area (Å²) in [6, 6.07) is 12.2. The van der Waals surface area contributed by atoms with Crippen LogP contribution in [-0.2, 0) is 22.1 Å². The van der Waals surface area contributed by atoms with Gasteiger partial charge in [0.1, 0.15) is 11.3 Å².